The van der Waals surface area contributed by atoms with Crippen LogP contribution in [0.2, 0.25) is 0 Å². The Balaban J connectivity index is 1.95. The van der Waals surface area contributed by atoms with Crippen LogP contribution in [-0.2, 0) is 9.53 Å². The van der Waals surface area contributed by atoms with Crippen molar-refractivity contribution >= 4 is 5.91 Å². The number of hydrogen-bond acceptors (Lipinski definition) is 3. The van der Waals surface area contributed by atoms with Crippen molar-refractivity contribution in [2.45, 2.75) is 38.9 Å². The highest BCUT2D eigenvalue weighted by molar-refractivity contribution is 5.81. The van der Waals surface area contributed by atoms with Crippen LogP contribution in [-0.4, -0.2) is 47.8 Å². The number of carbonyl (C=O) groups excluding carboxylic acids is 1. The Morgan fingerprint density at radius 1 is 1.31 bits per heavy atom. The van der Waals surface area contributed by atoms with E-state index in [0.29, 0.717) is 25.0 Å². The van der Waals surface area contributed by atoms with Crippen LogP contribution in [0.15, 0.2) is 0 Å². The van der Waals surface area contributed by atoms with Crippen LogP contribution in [0, 0.1) is 11.8 Å². The van der Waals surface area contributed by atoms with Crippen LogP contribution in [0.5, 0.6) is 0 Å². The van der Waals surface area contributed by atoms with Gasteiger partial charge in [-0.15, -0.1) is 0 Å². The molecular formula is C12H21NO3. The van der Waals surface area contributed by atoms with E-state index in [0.717, 1.165) is 19.4 Å². The summed E-state index contributed by atoms with van der Waals surface area (Å²) in [4.78, 5) is 13.9. The third-order valence-corrected chi connectivity index (χ3v) is 3.86. The number of hydrogen-bond donors (Lipinski definition) is 1. The number of carbonyl (C=O) groups is 1. The fraction of sp³-hybridized carbons (Fsp3) is 0.917. The predicted octanol–water partition coefficient (Wildman–Crippen LogP) is 0.641. The van der Waals surface area contributed by atoms with E-state index in [1.807, 2.05) is 6.92 Å². The standard InChI is InChI=1S/C12H21NO3/c1-8-3-5-13(7-10(8)14)12(15)11-9(2)4-6-16-11/h8-11,14H,3-7H2,1-2H3. The lowest BCUT2D eigenvalue weighted by atomic mass is 9.94. The molecule has 4 heteroatoms. The average molecular weight is 227 g/mol. The lowest BCUT2D eigenvalue weighted by molar-refractivity contribution is -0.146. The highest BCUT2D eigenvalue weighted by atomic mass is 16.5. The highest BCUT2D eigenvalue weighted by Gasteiger charge is 2.36. The van der Waals surface area contributed by atoms with E-state index in [1.54, 1.807) is 4.90 Å². The second-order valence-corrected chi connectivity index (χ2v) is 5.17. The molecule has 2 fully saturated rings. The van der Waals surface area contributed by atoms with Gasteiger partial charge in [0, 0.05) is 19.7 Å². The minimum atomic E-state index is -0.380. The predicted molar refractivity (Wildman–Crippen MR) is 59.9 cm³/mol. The molecule has 16 heavy (non-hydrogen) atoms. The molecule has 0 aliphatic carbocycles. The van der Waals surface area contributed by atoms with E-state index in [1.165, 1.54) is 0 Å². The molecule has 0 spiro atoms. The van der Waals surface area contributed by atoms with E-state index in [9.17, 15) is 9.90 Å². The van der Waals surface area contributed by atoms with Gasteiger partial charge in [-0.1, -0.05) is 13.8 Å². The van der Waals surface area contributed by atoms with Gasteiger partial charge in [-0.2, -0.15) is 0 Å². The number of aliphatic hydroxyl groups excluding tert-OH is 1. The van der Waals surface area contributed by atoms with Gasteiger partial charge in [-0.3, -0.25) is 4.79 Å². The number of β-amino-alcohol motifs (C(OH)–C–C–N with tert-alkyl or cyclic N) is 1. The highest BCUT2D eigenvalue weighted by Crippen LogP contribution is 2.24. The molecule has 0 saturated carbocycles. The van der Waals surface area contributed by atoms with Gasteiger partial charge in [0.2, 0.25) is 0 Å². The number of likely N-dealkylation sites (tertiary alicyclic amines) is 1. The van der Waals surface area contributed by atoms with Crippen molar-refractivity contribution < 1.29 is 14.6 Å². The van der Waals surface area contributed by atoms with Gasteiger partial charge in [0.1, 0.15) is 6.10 Å². The number of ether oxygens (including phenoxy) is 1. The number of piperidine rings is 1. The first-order chi connectivity index (χ1) is 7.59. The van der Waals surface area contributed by atoms with Gasteiger partial charge in [0.25, 0.3) is 5.91 Å². The summed E-state index contributed by atoms with van der Waals surface area (Å²) in [7, 11) is 0. The summed E-state index contributed by atoms with van der Waals surface area (Å²) in [5, 5.41) is 9.77. The number of amides is 1. The molecule has 4 unspecified atom stereocenters. The van der Waals surface area contributed by atoms with Crippen LogP contribution in [0.3, 0.4) is 0 Å². The maximum atomic E-state index is 12.2. The molecular weight excluding hydrogens is 206 g/mol. The van der Waals surface area contributed by atoms with Crippen LogP contribution in [0.1, 0.15) is 26.7 Å². The van der Waals surface area contributed by atoms with Crippen molar-refractivity contribution in [1.82, 2.24) is 4.90 Å². The molecule has 0 aromatic heterocycles. The zero-order chi connectivity index (χ0) is 11.7. The van der Waals surface area contributed by atoms with Crippen LogP contribution >= 0.6 is 0 Å². The Bertz CT molecular complexity index is 269. The first kappa shape index (κ1) is 11.9. The summed E-state index contributed by atoms with van der Waals surface area (Å²) in [6.07, 6.45) is 1.19. The maximum Gasteiger partial charge on any atom is 0.252 e. The normalized spacial score (nSPS) is 40.1. The summed E-state index contributed by atoms with van der Waals surface area (Å²) in [6, 6.07) is 0. The molecule has 2 heterocycles. The summed E-state index contributed by atoms with van der Waals surface area (Å²) in [6.45, 7) is 5.99. The van der Waals surface area contributed by atoms with E-state index in [-0.39, 0.29) is 18.1 Å². The Morgan fingerprint density at radius 3 is 2.62 bits per heavy atom. The summed E-state index contributed by atoms with van der Waals surface area (Å²) in [5.41, 5.74) is 0. The van der Waals surface area contributed by atoms with Gasteiger partial charge in [-0.05, 0) is 24.7 Å². The van der Waals surface area contributed by atoms with Crippen LogP contribution in [0.25, 0.3) is 0 Å². The van der Waals surface area contributed by atoms with Crippen molar-refractivity contribution in [2.24, 2.45) is 11.8 Å². The second kappa shape index (κ2) is 4.72. The third-order valence-electron chi connectivity index (χ3n) is 3.86. The third kappa shape index (κ3) is 2.23. The Morgan fingerprint density at radius 2 is 2.06 bits per heavy atom. The Kier molecular flexibility index (Phi) is 3.50. The van der Waals surface area contributed by atoms with Crippen molar-refractivity contribution in [3.05, 3.63) is 0 Å². The van der Waals surface area contributed by atoms with Gasteiger partial charge in [0.05, 0.1) is 6.10 Å². The van der Waals surface area contributed by atoms with E-state index >= 15 is 0 Å². The molecule has 0 aromatic carbocycles. The molecule has 4 atom stereocenters. The SMILES string of the molecule is CC1CCN(C(=O)C2OCCC2C)CC1O. The molecule has 2 saturated heterocycles. The first-order valence-corrected chi connectivity index (χ1v) is 6.18. The minimum Gasteiger partial charge on any atom is -0.391 e. The molecule has 2 rings (SSSR count). The summed E-state index contributed by atoms with van der Waals surface area (Å²) < 4.78 is 5.47. The van der Waals surface area contributed by atoms with Gasteiger partial charge >= 0.3 is 0 Å². The zero-order valence-corrected chi connectivity index (χ0v) is 10.1. The molecule has 2 aliphatic rings. The van der Waals surface area contributed by atoms with Gasteiger partial charge in [0.15, 0.2) is 0 Å². The molecule has 2 aliphatic heterocycles. The van der Waals surface area contributed by atoms with Crippen molar-refractivity contribution in [3.63, 3.8) is 0 Å². The maximum absolute atomic E-state index is 12.2. The monoisotopic (exact) mass is 227 g/mol. The number of nitrogens with zero attached hydrogens (tertiary/aromatic N) is 1. The van der Waals surface area contributed by atoms with E-state index in [2.05, 4.69) is 6.92 Å². The van der Waals surface area contributed by atoms with E-state index < -0.39 is 0 Å². The lowest BCUT2D eigenvalue weighted by Crippen LogP contribution is -2.50. The molecule has 0 bridgehead atoms. The number of rotatable bonds is 1. The molecule has 1 N–H and O–H groups in total. The molecule has 92 valence electrons. The van der Waals surface area contributed by atoms with Gasteiger partial charge < -0.3 is 14.7 Å². The quantitative estimate of drug-likeness (QED) is 0.715. The van der Waals surface area contributed by atoms with Crippen molar-refractivity contribution in [2.75, 3.05) is 19.7 Å². The smallest absolute Gasteiger partial charge is 0.252 e. The van der Waals surface area contributed by atoms with Crippen molar-refractivity contribution in [3.8, 4) is 0 Å². The number of aliphatic hydroxyl groups is 1. The topological polar surface area (TPSA) is 49.8 Å². The molecule has 4 nitrogen and oxygen atoms in total. The minimum absolute atomic E-state index is 0.0657. The lowest BCUT2D eigenvalue weighted by Gasteiger charge is -2.35. The average Bonchev–Trinajstić information content (AvgIpc) is 2.67. The Hall–Kier alpha value is -0.610. The van der Waals surface area contributed by atoms with Crippen molar-refractivity contribution in [1.29, 1.82) is 0 Å². The molecule has 1 amide bonds. The fourth-order valence-electron chi connectivity index (χ4n) is 2.44. The summed E-state index contributed by atoms with van der Waals surface area (Å²) in [5.74, 6) is 0.672. The largest absolute Gasteiger partial charge is 0.391 e. The van der Waals surface area contributed by atoms with Crippen LogP contribution in [0.4, 0.5) is 0 Å². The Labute approximate surface area is 96.6 Å². The first-order valence-electron chi connectivity index (χ1n) is 6.18. The molecule has 0 aromatic rings. The summed E-state index contributed by atoms with van der Waals surface area (Å²) >= 11 is 0. The van der Waals surface area contributed by atoms with Crippen LogP contribution < -0.4 is 0 Å². The fourth-order valence-corrected chi connectivity index (χ4v) is 2.44. The van der Waals surface area contributed by atoms with Gasteiger partial charge in [-0.25, -0.2) is 0 Å². The second-order valence-electron chi connectivity index (χ2n) is 5.17. The van der Waals surface area contributed by atoms with E-state index in [4.69, 9.17) is 4.74 Å². The zero-order valence-electron chi connectivity index (χ0n) is 10.1. The molecule has 0 radical (unpaired) electrons.